The molecular formula is C30H31N5O2S. The molecule has 1 aliphatic heterocycles. The van der Waals surface area contributed by atoms with Crippen molar-refractivity contribution in [2.75, 3.05) is 17.2 Å². The predicted molar refractivity (Wildman–Crippen MR) is 153 cm³/mol. The van der Waals surface area contributed by atoms with E-state index in [4.69, 9.17) is 14.8 Å². The van der Waals surface area contributed by atoms with Crippen LogP contribution in [-0.2, 0) is 10.5 Å². The van der Waals surface area contributed by atoms with E-state index in [1.54, 1.807) is 11.8 Å². The Balaban J connectivity index is 1.49. The number of allylic oxidation sites excluding steroid dienone is 1. The fourth-order valence-electron chi connectivity index (χ4n) is 4.56. The van der Waals surface area contributed by atoms with Crippen LogP contribution in [0.3, 0.4) is 0 Å². The van der Waals surface area contributed by atoms with Crippen LogP contribution in [0.4, 0.5) is 11.6 Å². The number of amides is 1. The van der Waals surface area contributed by atoms with Crippen molar-refractivity contribution in [2.24, 2.45) is 0 Å². The Hall–Kier alpha value is -4.04. The van der Waals surface area contributed by atoms with Gasteiger partial charge in [-0.15, -0.1) is 5.10 Å². The maximum absolute atomic E-state index is 13.7. The number of rotatable bonds is 8. The zero-order valence-corrected chi connectivity index (χ0v) is 22.8. The first-order valence-corrected chi connectivity index (χ1v) is 13.6. The Labute approximate surface area is 227 Å². The average molecular weight is 526 g/mol. The maximum Gasteiger partial charge on any atom is 0.255 e. The van der Waals surface area contributed by atoms with E-state index >= 15 is 0 Å². The Morgan fingerprint density at radius 1 is 1.05 bits per heavy atom. The lowest BCUT2D eigenvalue weighted by Crippen LogP contribution is -2.31. The summed E-state index contributed by atoms with van der Waals surface area (Å²) >= 11 is 1.58. The van der Waals surface area contributed by atoms with Gasteiger partial charge in [-0.25, -0.2) is 4.68 Å². The van der Waals surface area contributed by atoms with Gasteiger partial charge in [0.1, 0.15) is 11.8 Å². The van der Waals surface area contributed by atoms with Crippen molar-refractivity contribution in [2.45, 2.75) is 44.6 Å². The topological polar surface area (TPSA) is 81.1 Å². The van der Waals surface area contributed by atoms with Crippen molar-refractivity contribution < 1.29 is 9.53 Å². The minimum atomic E-state index is -0.452. The number of carbonyl (C=O) groups excluding carboxylic acids is 1. The molecule has 8 heteroatoms. The Morgan fingerprint density at radius 2 is 1.84 bits per heavy atom. The van der Waals surface area contributed by atoms with Crippen molar-refractivity contribution in [1.82, 2.24) is 14.8 Å². The molecule has 1 amide bonds. The van der Waals surface area contributed by atoms with Crippen LogP contribution in [0.5, 0.6) is 5.75 Å². The minimum Gasteiger partial charge on any atom is -0.494 e. The summed E-state index contributed by atoms with van der Waals surface area (Å²) in [5.41, 5.74) is 6.47. The third kappa shape index (κ3) is 5.45. The lowest BCUT2D eigenvalue weighted by atomic mass is 9.95. The van der Waals surface area contributed by atoms with Gasteiger partial charge in [0.25, 0.3) is 5.91 Å². The van der Waals surface area contributed by atoms with Crippen molar-refractivity contribution in [3.63, 3.8) is 0 Å². The SMILES string of the molecule is CCOc1ccc([C@@H]2C(C(=O)Nc3ccccc3C)=C(C)Nc3nc(SCc4cccc(C)c4)nn32)cc1. The average Bonchev–Trinajstić information content (AvgIpc) is 3.31. The van der Waals surface area contributed by atoms with Gasteiger partial charge >= 0.3 is 0 Å². The highest BCUT2D eigenvalue weighted by Crippen LogP contribution is 2.37. The van der Waals surface area contributed by atoms with Gasteiger partial charge in [-0.3, -0.25) is 4.79 Å². The van der Waals surface area contributed by atoms with Crippen molar-refractivity contribution in [3.8, 4) is 5.75 Å². The molecule has 0 saturated carbocycles. The predicted octanol–water partition coefficient (Wildman–Crippen LogP) is 6.51. The van der Waals surface area contributed by atoms with Gasteiger partial charge in [0.2, 0.25) is 11.1 Å². The first kappa shape index (κ1) is 25.6. The Kier molecular flexibility index (Phi) is 7.51. The normalized spacial score (nSPS) is 14.6. The number of nitrogens with zero attached hydrogens (tertiary/aromatic N) is 3. The van der Waals surface area contributed by atoms with Crippen LogP contribution < -0.4 is 15.4 Å². The number of hydrogen-bond donors (Lipinski definition) is 2. The van der Waals surface area contributed by atoms with E-state index in [1.165, 1.54) is 11.1 Å². The number of fused-ring (bicyclic) bond motifs is 1. The van der Waals surface area contributed by atoms with E-state index in [9.17, 15) is 4.79 Å². The Bertz CT molecular complexity index is 1490. The molecule has 3 aromatic carbocycles. The molecule has 1 aliphatic rings. The lowest BCUT2D eigenvalue weighted by molar-refractivity contribution is -0.113. The zero-order chi connectivity index (χ0) is 26.6. The number of aryl methyl sites for hydroxylation is 2. The molecule has 7 nitrogen and oxygen atoms in total. The van der Waals surface area contributed by atoms with Crippen molar-refractivity contribution >= 4 is 29.3 Å². The van der Waals surface area contributed by atoms with Crippen LogP contribution in [0, 0.1) is 13.8 Å². The van der Waals surface area contributed by atoms with Crippen LogP contribution in [-0.4, -0.2) is 27.3 Å². The first-order chi connectivity index (χ1) is 18.4. The van der Waals surface area contributed by atoms with Crippen LogP contribution >= 0.6 is 11.8 Å². The van der Waals surface area contributed by atoms with Gasteiger partial charge < -0.3 is 15.4 Å². The number of para-hydroxylation sites is 1. The van der Waals surface area contributed by atoms with E-state index in [2.05, 4.69) is 41.8 Å². The molecule has 0 spiro atoms. The van der Waals surface area contributed by atoms with Crippen LogP contribution in [0.25, 0.3) is 0 Å². The highest BCUT2D eigenvalue weighted by Gasteiger charge is 2.34. The first-order valence-electron chi connectivity index (χ1n) is 12.7. The lowest BCUT2D eigenvalue weighted by Gasteiger charge is -2.29. The van der Waals surface area contributed by atoms with Crippen molar-refractivity contribution in [1.29, 1.82) is 0 Å². The molecular weight excluding hydrogens is 494 g/mol. The van der Waals surface area contributed by atoms with Gasteiger partial charge in [-0.05, 0) is 62.6 Å². The number of aromatic nitrogens is 3. The van der Waals surface area contributed by atoms with E-state index in [0.717, 1.165) is 34.0 Å². The maximum atomic E-state index is 13.7. The van der Waals surface area contributed by atoms with Gasteiger partial charge in [0, 0.05) is 17.1 Å². The van der Waals surface area contributed by atoms with E-state index in [1.807, 2.05) is 74.0 Å². The van der Waals surface area contributed by atoms with Gasteiger partial charge in [0.05, 0.1) is 12.2 Å². The number of thioether (sulfide) groups is 1. The molecule has 194 valence electrons. The number of ether oxygens (including phenoxy) is 1. The van der Waals surface area contributed by atoms with Gasteiger partial charge in [-0.1, -0.05) is 71.9 Å². The number of hydrogen-bond acceptors (Lipinski definition) is 6. The fourth-order valence-corrected chi connectivity index (χ4v) is 5.33. The molecule has 0 fully saturated rings. The quantitative estimate of drug-likeness (QED) is 0.255. The summed E-state index contributed by atoms with van der Waals surface area (Å²) in [5, 5.41) is 11.9. The number of carbonyl (C=O) groups is 1. The molecule has 1 aromatic heterocycles. The molecule has 2 heterocycles. The van der Waals surface area contributed by atoms with E-state index in [0.29, 0.717) is 23.3 Å². The summed E-state index contributed by atoms with van der Waals surface area (Å²) in [6.45, 7) is 8.52. The summed E-state index contributed by atoms with van der Waals surface area (Å²) < 4.78 is 7.46. The second-order valence-electron chi connectivity index (χ2n) is 9.28. The molecule has 0 bridgehead atoms. The summed E-state index contributed by atoms with van der Waals surface area (Å²) in [5.74, 6) is 1.97. The van der Waals surface area contributed by atoms with E-state index < -0.39 is 6.04 Å². The number of benzene rings is 3. The second-order valence-corrected chi connectivity index (χ2v) is 10.2. The number of nitrogens with one attached hydrogen (secondary N) is 2. The molecule has 0 radical (unpaired) electrons. The van der Waals surface area contributed by atoms with E-state index in [-0.39, 0.29) is 5.91 Å². The molecule has 4 aromatic rings. The molecule has 2 N–H and O–H groups in total. The highest BCUT2D eigenvalue weighted by molar-refractivity contribution is 7.98. The third-order valence-corrected chi connectivity index (χ3v) is 7.34. The molecule has 1 atom stereocenters. The summed E-state index contributed by atoms with van der Waals surface area (Å²) in [6.07, 6.45) is 0. The van der Waals surface area contributed by atoms with Crippen LogP contribution in [0.2, 0.25) is 0 Å². The highest BCUT2D eigenvalue weighted by atomic mass is 32.2. The standard InChI is InChI=1S/C30H31N5O2S/c1-5-37-24-15-13-23(14-16-24)27-26(28(36)32-25-12-7-6-10-20(25)3)21(4)31-29-33-30(34-35(27)29)38-18-22-11-8-9-19(2)17-22/h6-17,27H,5,18H2,1-4H3,(H,32,36)(H,31,33,34)/t27-/m1/s1. The summed E-state index contributed by atoms with van der Waals surface area (Å²) in [7, 11) is 0. The molecule has 0 saturated heterocycles. The monoisotopic (exact) mass is 525 g/mol. The second kappa shape index (κ2) is 11.1. The minimum absolute atomic E-state index is 0.182. The van der Waals surface area contributed by atoms with Crippen LogP contribution in [0.1, 0.15) is 42.1 Å². The Morgan fingerprint density at radius 3 is 2.58 bits per heavy atom. The third-order valence-electron chi connectivity index (χ3n) is 6.43. The molecule has 0 unspecified atom stereocenters. The van der Waals surface area contributed by atoms with Gasteiger partial charge in [0.15, 0.2) is 0 Å². The summed E-state index contributed by atoms with van der Waals surface area (Å²) in [4.78, 5) is 18.5. The number of anilines is 2. The summed E-state index contributed by atoms with van der Waals surface area (Å²) in [6, 6.07) is 23.6. The van der Waals surface area contributed by atoms with Gasteiger partial charge in [-0.2, -0.15) is 4.98 Å². The molecule has 0 aliphatic carbocycles. The molecule has 5 rings (SSSR count). The largest absolute Gasteiger partial charge is 0.494 e. The zero-order valence-electron chi connectivity index (χ0n) is 22.0. The molecule has 38 heavy (non-hydrogen) atoms. The fraction of sp³-hybridized carbons (Fsp3) is 0.233. The smallest absolute Gasteiger partial charge is 0.255 e. The van der Waals surface area contributed by atoms with Crippen LogP contribution in [0.15, 0.2) is 89.2 Å². The van der Waals surface area contributed by atoms with Crippen molar-refractivity contribution in [3.05, 3.63) is 106 Å².